The smallest absolute Gasteiger partial charge is 0.190 e. The lowest BCUT2D eigenvalue weighted by Gasteiger charge is -2.60. The monoisotopic (exact) mass is 378 g/mol. The molecule has 4 aliphatic rings. The summed E-state index contributed by atoms with van der Waals surface area (Å²) >= 11 is 0. The van der Waals surface area contributed by atoms with E-state index in [0.29, 0.717) is 12.0 Å². The summed E-state index contributed by atoms with van der Waals surface area (Å²) in [5.74, 6) is -4.83. The first kappa shape index (κ1) is 14.7. The number of aliphatic hydroxyl groups excluding tert-OH is 1. The molecule has 5 nitrogen and oxygen atoms in total. The van der Waals surface area contributed by atoms with Crippen molar-refractivity contribution >= 4 is 11.6 Å². The maximum absolute atomic E-state index is 12.6. The summed E-state index contributed by atoms with van der Waals surface area (Å²) < 4.78 is 36.3. The number of rotatable bonds is 2. The molecule has 4 rings (SSSR count). The molecule has 0 saturated heterocycles. The Kier molecular flexibility index (Phi) is 3.18. The van der Waals surface area contributed by atoms with Crippen molar-refractivity contribution < 1.29 is 30.4 Å². The number of aliphatic hydroxyl groups is 3. The van der Waals surface area contributed by atoms with Crippen molar-refractivity contribution in [3.8, 4) is 0 Å². The van der Waals surface area contributed by atoms with Crippen LogP contribution in [0, 0.1) is 34.5 Å². The highest BCUT2D eigenvalue weighted by Crippen LogP contribution is 2.67. The van der Waals surface area contributed by atoms with E-state index in [4.69, 9.17) is 4.11 Å². The highest BCUT2D eigenvalue weighted by Gasteiger charge is 2.68. The topological polar surface area (TPSA) is 94.8 Å². The molecule has 3 fully saturated rings. The molecule has 4 aliphatic carbocycles. The van der Waals surface area contributed by atoms with E-state index in [2.05, 4.69) is 0 Å². The Morgan fingerprint density at radius 2 is 2.15 bits per heavy atom. The molecule has 0 bridgehead atoms. The molecule has 0 aromatic rings. The first-order valence-corrected chi connectivity index (χ1v) is 9.62. The van der Waals surface area contributed by atoms with Gasteiger partial charge in [-0.05, 0) is 55.5 Å². The third-order valence-corrected chi connectivity index (χ3v) is 7.69. The zero-order valence-electron chi connectivity index (χ0n) is 20.0. The first-order chi connectivity index (χ1) is 14.1. The van der Waals surface area contributed by atoms with Gasteiger partial charge in [0.2, 0.25) is 0 Å². The summed E-state index contributed by atoms with van der Waals surface area (Å²) in [5.41, 5.74) is -4.83. The summed E-state index contributed by atoms with van der Waals surface area (Å²) in [7, 11) is 0. The van der Waals surface area contributed by atoms with Crippen molar-refractivity contribution in [2.24, 2.45) is 34.5 Å². The Morgan fingerprint density at radius 1 is 1.44 bits per heavy atom. The molecule has 3 N–H and O–H groups in total. The van der Waals surface area contributed by atoms with Gasteiger partial charge in [-0.2, -0.15) is 0 Å². The van der Waals surface area contributed by atoms with Crippen LogP contribution in [0.3, 0.4) is 0 Å². The van der Waals surface area contributed by atoms with Crippen molar-refractivity contribution in [2.75, 3.05) is 6.61 Å². The Labute approximate surface area is 165 Å². The van der Waals surface area contributed by atoms with E-state index >= 15 is 0 Å². The van der Waals surface area contributed by atoms with E-state index < -0.39 is 59.0 Å². The van der Waals surface area contributed by atoms with Crippen LogP contribution in [0.15, 0.2) is 23.8 Å². The number of allylic oxidation sites excluding steroid dienone is 4. The zero-order chi connectivity index (χ0) is 23.4. The second-order valence-corrected chi connectivity index (χ2v) is 8.96. The van der Waals surface area contributed by atoms with E-state index in [1.165, 1.54) is 25.2 Å². The lowest BCUT2D eigenvalue weighted by Crippen LogP contribution is -2.62. The molecule has 8 atom stereocenters. The van der Waals surface area contributed by atoms with E-state index in [1.54, 1.807) is 6.92 Å². The van der Waals surface area contributed by atoms with Gasteiger partial charge >= 0.3 is 0 Å². The number of hydrogen-bond donors (Lipinski definition) is 3. The molecule has 0 heterocycles. The molecule has 0 radical (unpaired) electrons. The quantitative estimate of drug-likeness (QED) is 0.681. The van der Waals surface area contributed by atoms with Crippen molar-refractivity contribution in [2.45, 2.75) is 58.1 Å². The Balaban J connectivity index is 2.01. The fourth-order valence-corrected chi connectivity index (χ4v) is 6.29. The van der Waals surface area contributed by atoms with Gasteiger partial charge in [0.05, 0.1) is 7.45 Å². The molecule has 5 heteroatoms. The van der Waals surface area contributed by atoms with Crippen molar-refractivity contribution in [3.63, 3.8) is 0 Å². The van der Waals surface area contributed by atoms with Gasteiger partial charge in [-0.1, -0.05) is 32.4 Å². The molecule has 0 amide bonds. The third kappa shape index (κ3) is 2.28. The summed E-state index contributed by atoms with van der Waals surface area (Å²) in [6.45, 7) is 3.96. The molecule has 0 spiro atoms. The van der Waals surface area contributed by atoms with Crippen LogP contribution in [-0.4, -0.2) is 45.2 Å². The maximum atomic E-state index is 12.6. The minimum Gasteiger partial charge on any atom is -0.393 e. The highest BCUT2D eigenvalue weighted by atomic mass is 16.3. The van der Waals surface area contributed by atoms with Crippen LogP contribution in [0.25, 0.3) is 0 Å². The van der Waals surface area contributed by atoms with E-state index in [1.807, 2.05) is 6.92 Å². The van der Waals surface area contributed by atoms with Crippen molar-refractivity contribution in [1.29, 1.82) is 0 Å². The normalized spacial score (nSPS) is 60.7. The molecular formula is C22H30O5. The molecule has 0 unspecified atom stereocenters. The number of carbonyl (C=O) groups is 2. The third-order valence-electron chi connectivity index (χ3n) is 7.69. The minimum atomic E-state index is -3.03. The van der Waals surface area contributed by atoms with Gasteiger partial charge in [-0.3, -0.25) is 9.59 Å². The largest absolute Gasteiger partial charge is 0.393 e. The fraction of sp³-hybridized carbons (Fsp3) is 0.727. The van der Waals surface area contributed by atoms with Crippen LogP contribution in [0.4, 0.5) is 0 Å². The van der Waals surface area contributed by atoms with Crippen molar-refractivity contribution in [1.82, 2.24) is 0 Å². The molecule has 3 saturated carbocycles. The Morgan fingerprint density at radius 3 is 2.81 bits per heavy atom. The van der Waals surface area contributed by atoms with Gasteiger partial charge in [0.1, 0.15) is 12.2 Å². The minimum absolute atomic E-state index is 0.113. The van der Waals surface area contributed by atoms with Gasteiger partial charge in [0.25, 0.3) is 0 Å². The number of carbonyl (C=O) groups excluding carboxylic acids is 2. The van der Waals surface area contributed by atoms with Crippen LogP contribution in [0.2, 0.25) is 0 Å². The van der Waals surface area contributed by atoms with Gasteiger partial charge in [-0.25, -0.2) is 0 Å². The molecular weight excluding hydrogens is 344 g/mol. The highest BCUT2D eigenvalue weighted by molar-refractivity contribution is 6.01. The molecule has 0 aliphatic heterocycles. The van der Waals surface area contributed by atoms with Crippen LogP contribution < -0.4 is 0 Å². The molecule has 0 aromatic carbocycles. The molecule has 0 aromatic heterocycles. The SMILES string of the molecule is [2H]C1([2H])[C@]([2H])(O)[C@@]2([2H])[C@@H](C[C@H](C)C3=CC(=O)C=C[C@@]32C)[C@@H]2CC[C@](O)(C(=O)CO)[C@]21C. The standard InChI is InChI=1S/C22H30O5/c1-12-8-14-15-5-7-22(27,18(26)11-23)21(15,3)10-17(25)19(14)20(2)6-4-13(24)9-16(12)20/h4,6,9,12,14-15,17,19,23,25,27H,5,7-8,10-11H2,1-3H3/t12-,14-,15-,17-,19+,20-,21-,22-/m0/s1/i10D2,17D,19D. The van der Waals surface area contributed by atoms with Gasteiger partial charge in [-0.15, -0.1) is 0 Å². The Bertz CT molecular complexity index is 929. The van der Waals surface area contributed by atoms with Crippen LogP contribution in [0.1, 0.15) is 51.9 Å². The lowest BCUT2D eigenvalue weighted by molar-refractivity contribution is -0.180. The number of Topliss-reactive ketones (excluding diaryl/α,β-unsaturated/α-hetero) is 1. The summed E-state index contributed by atoms with van der Waals surface area (Å²) in [6, 6.07) is 0. The van der Waals surface area contributed by atoms with Gasteiger partial charge in [0, 0.05) is 20.8 Å². The van der Waals surface area contributed by atoms with Gasteiger partial charge < -0.3 is 15.3 Å². The predicted molar refractivity (Wildman–Crippen MR) is 99.6 cm³/mol. The number of hydrogen-bond acceptors (Lipinski definition) is 5. The zero-order valence-corrected chi connectivity index (χ0v) is 16.0. The van der Waals surface area contributed by atoms with Crippen molar-refractivity contribution in [3.05, 3.63) is 23.8 Å². The number of ketones is 2. The van der Waals surface area contributed by atoms with E-state index in [0.717, 1.165) is 0 Å². The molecule has 148 valence electrons. The van der Waals surface area contributed by atoms with Crippen LogP contribution in [0.5, 0.6) is 0 Å². The predicted octanol–water partition coefficient (Wildman–Crippen LogP) is 1.80. The average Bonchev–Trinajstić information content (AvgIpc) is 2.98. The second kappa shape index (κ2) is 5.85. The average molecular weight is 379 g/mol. The molecule has 27 heavy (non-hydrogen) atoms. The van der Waals surface area contributed by atoms with Crippen LogP contribution in [-0.2, 0) is 9.59 Å². The summed E-state index contributed by atoms with van der Waals surface area (Å²) in [4.78, 5) is 24.7. The second-order valence-electron chi connectivity index (χ2n) is 8.96. The number of fused-ring (bicyclic) bond motifs is 5. The fourth-order valence-electron chi connectivity index (χ4n) is 6.29. The van der Waals surface area contributed by atoms with E-state index in [-0.39, 0.29) is 24.5 Å². The van der Waals surface area contributed by atoms with Gasteiger partial charge in [0.15, 0.2) is 11.6 Å². The lowest BCUT2D eigenvalue weighted by atomic mass is 9.45. The van der Waals surface area contributed by atoms with Crippen LogP contribution >= 0.6 is 0 Å². The first-order valence-electron chi connectivity index (χ1n) is 11.6. The Hall–Kier alpha value is -1.30. The van der Waals surface area contributed by atoms with E-state index in [9.17, 15) is 26.3 Å². The maximum Gasteiger partial charge on any atom is 0.190 e. The summed E-state index contributed by atoms with van der Waals surface area (Å²) in [6.07, 6.45) is -1.23. The summed E-state index contributed by atoms with van der Waals surface area (Å²) in [5, 5.41) is 32.4.